The van der Waals surface area contributed by atoms with Crippen molar-refractivity contribution < 1.29 is 0 Å². The molecule has 0 fully saturated rings. The molecule has 2 heterocycles. The maximum absolute atomic E-state index is 4.35. The fourth-order valence-electron chi connectivity index (χ4n) is 1.47. The van der Waals surface area contributed by atoms with Gasteiger partial charge in [0.2, 0.25) is 0 Å². The van der Waals surface area contributed by atoms with Crippen LogP contribution in [0.15, 0.2) is 27.5 Å². The number of hydrogen-bond donors (Lipinski definition) is 1. The van der Waals surface area contributed by atoms with Crippen LogP contribution in [0.5, 0.6) is 0 Å². The summed E-state index contributed by atoms with van der Waals surface area (Å²) in [5.74, 6) is 0.953. The van der Waals surface area contributed by atoms with Crippen LogP contribution in [0.2, 0.25) is 0 Å². The zero-order valence-corrected chi connectivity index (χ0v) is 11.7. The van der Waals surface area contributed by atoms with Crippen LogP contribution < -0.4 is 5.32 Å². The van der Waals surface area contributed by atoms with Crippen LogP contribution in [0, 0.1) is 13.8 Å². The fourth-order valence-corrected chi connectivity index (χ4v) is 2.78. The van der Waals surface area contributed by atoms with Gasteiger partial charge in [-0.1, -0.05) is 0 Å². The summed E-state index contributed by atoms with van der Waals surface area (Å²) < 4.78 is 1.02. The first-order valence-electron chi connectivity index (χ1n) is 5.04. The highest BCUT2D eigenvalue weighted by Crippen LogP contribution is 2.19. The zero-order valence-electron chi connectivity index (χ0n) is 9.25. The van der Waals surface area contributed by atoms with E-state index in [-0.39, 0.29) is 0 Å². The van der Waals surface area contributed by atoms with Crippen molar-refractivity contribution in [3.63, 3.8) is 0 Å². The Hall–Kier alpha value is -0.870. The molecule has 0 aromatic carbocycles. The van der Waals surface area contributed by atoms with Gasteiger partial charge in [-0.3, -0.25) is 0 Å². The van der Waals surface area contributed by atoms with Gasteiger partial charge in [0.1, 0.15) is 5.82 Å². The number of aryl methyl sites for hydroxylation is 2. The Morgan fingerprint density at radius 3 is 2.75 bits per heavy atom. The van der Waals surface area contributed by atoms with Gasteiger partial charge >= 0.3 is 0 Å². The third kappa shape index (κ3) is 2.62. The molecule has 2 aromatic heterocycles. The standard InChI is InChI=1S/C12H13BrN2S/c1-8-3-11(13)5-15-12(8)14-4-10-7-16-6-9(10)2/h3,5-7H,4H2,1-2H3,(H,14,15). The van der Waals surface area contributed by atoms with Crippen molar-refractivity contribution >= 4 is 33.1 Å². The second-order valence-electron chi connectivity index (χ2n) is 3.75. The van der Waals surface area contributed by atoms with E-state index in [2.05, 4.69) is 56.9 Å². The van der Waals surface area contributed by atoms with Crippen molar-refractivity contribution in [1.82, 2.24) is 4.98 Å². The topological polar surface area (TPSA) is 24.9 Å². The van der Waals surface area contributed by atoms with E-state index in [1.807, 2.05) is 6.20 Å². The molecule has 0 atom stereocenters. The molecule has 4 heteroatoms. The van der Waals surface area contributed by atoms with Crippen molar-refractivity contribution in [3.05, 3.63) is 44.2 Å². The zero-order chi connectivity index (χ0) is 11.5. The maximum atomic E-state index is 4.35. The molecule has 0 spiro atoms. The van der Waals surface area contributed by atoms with Gasteiger partial charge in [0.15, 0.2) is 0 Å². The van der Waals surface area contributed by atoms with Crippen LogP contribution in [-0.4, -0.2) is 4.98 Å². The van der Waals surface area contributed by atoms with Gasteiger partial charge in [0.05, 0.1) is 0 Å². The number of thiophene rings is 1. The molecule has 2 rings (SSSR count). The minimum atomic E-state index is 0.838. The van der Waals surface area contributed by atoms with E-state index in [1.165, 1.54) is 11.1 Å². The number of halogens is 1. The summed E-state index contributed by atoms with van der Waals surface area (Å²) in [6.45, 7) is 5.03. The lowest BCUT2D eigenvalue weighted by Crippen LogP contribution is -2.03. The number of nitrogens with zero attached hydrogens (tertiary/aromatic N) is 1. The molecule has 84 valence electrons. The first-order chi connectivity index (χ1) is 7.66. The predicted molar refractivity (Wildman–Crippen MR) is 73.1 cm³/mol. The molecule has 16 heavy (non-hydrogen) atoms. The second-order valence-corrected chi connectivity index (χ2v) is 5.41. The second kappa shape index (κ2) is 4.97. The van der Waals surface area contributed by atoms with Gasteiger partial charge in [0, 0.05) is 17.2 Å². The lowest BCUT2D eigenvalue weighted by molar-refractivity contribution is 1.09. The van der Waals surface area contributed by atoms with E-state index in [9.17, 15) is 0 Å². The van der Waals surface area contributed by atoms with Crippen LogP contribution in [-0.2, 0) is 6.54 Å². The SMILES string of the molecule is Cc1cscc1CNc1ncc(Br)cc1C. The highest BCUT2D eigenvalue weighted by atomic mass is 79.9. The van der Waals surface area contributed by atoms with Crippen LogP contribution in [0.25, 0.3) is 0 Å². The quantitative estimate of drug-likeness (QED) is 0.921. The van der Waals surface area contributed by atoms with Gasteiger partial charge < -0.3 is 5.32 Å². The smallest absolute Gasteiger partial charge is 0.129 e. The molecular weight excluding hydrogens is 284 g/mol. The Kier molecular flexibility index (Phi) is 3.61. The van der Waals surface area contributed by atoms with E-state index in [0.29, 0.717) is 0 Å². The monoisotopic (exact) mass is 296 g/mol. The lowest BCUT2D eigenvalue weighted by Gasteiger charge is -2.08. The highest BCUT2D eigenvalue weighted by molar-refractivity contribution is 9.10. The van der Waals surface area contributed by atoms with Crippen LogP contribution in [0.1, 0.15) is 16.7 Å². The number of nitrogens with one attached hydrogen (secondary N) is 1. The molecule has 0 amide bonds. The van der Waals surface area contributed by atoms with Gasteiger partial charge in [-0.15, -0.1) is 0 Å². The molecule has 0 aliphatic carbocycles. The number of anilines is 1. The Bertz CT molecular complexity index is 494. The van der Waals surface area contributed by atoms with Crippen LogP contribution in [0.4, 0.5) is 5.82 Å². The van der Waals surface area contributed by atoms with Crippen LogP contribution in [0.3, 0.4) is 0 Å². The number of aromatic nitrogens is 1. The lowest BCUT2D eigenvalue weighted by atomic mass is 10.2. The fraction of sp³-hybridized carbons (Fsp3) is 0.250. The molecule has 0 saturated heterocycles. The van der Waals surface area contributed by atoms with E-state index in [4.69, 9.17) is 0 Å². The van der Waals surface area contributed by atoms with Crippen molar-refractivity contribution in [2.75, 3.05) is 5.32 Å². The number of hydrogen-bond acceptors (Lipinski definition) is 3. The van der Waals surface area contributed by atoms with E-state index < -0.39 is 0 Å². The number of rotatable bonds is 3. The molecular formula is C12H13BrN2S. The molecule has 0 unspecified atom stereocenters. The minimum Gasteiger partial charge on any atom is -0.366 e. The molecule has 0 bridgehead atoms. The van der Waals surface area contributed by atoms with E-state index in [1.54, 1.807) is 11.3 Å². The van der Waals surface area contributed by atoms with E-state index >= 15 is 0 Å². The van der Waals surface area contributed by atoms with Crippen molar-refractivity contribution in [1.29, 1.82) is 0 Å². The number of pyridine rings is 1. The molecule has 0 aliphatic rings. The Morgan fingerprint density at radius 2 is 2.12 bits per heavy atom. The first kappa shape index (κ1) is 11.6. The van der Waals surface area contributed by atoms with Gasteiger partial charge in [-0.05, 0) is 63.3 Å². The summed E-state index contributed by atoms with van der Waals surface area (Å²) in [5, 5.41) is 7.70. The summed E-state index contributed by atoms with van der Waals surface area (Å²) in [5.41, 5.74) is 3.84. The first-order valence-corrected chi connectivity index (χ1v) is 6.78. The Balaban J connectivity index is 2.08. The summed E-state index contributed by atoms with van der Waals surface area (Å²) in [4.78, 5) is 4.35. The normalized spacial score (nSPS) is 10.4. The van der Waals surface area contributed by atoms with Crippen molar-refractivity contribution in [2.45, 2.75) is 20.4 Å². The Labute approximate surface area is 108 Å². The third-order valence-corrected chi connectivity index (χ3v) is 3.80. The largest absolute Gasteiger partial charge is 0.366 e. The van der Waals surface area contributed by atoms with Crippen molar-refractivity contribution in [2.24, 2.45) is 0 Å². The maximum Gasteiger partial charge on any atom is 0.129 e. The molecule has 0 saturated carbocycles. The third-order valence-electron chi connectivity index (χ3n) is 2.45. The summed E-state index contributed by atoms with van der Waals surface area (Å²) in [7, 11) is 0. The molecule has 2 nitrogen and oxygen atoms in total. The van der Waals surface area contributed by atoms with Gasteiger partial charge in [-0.2, -0.15) is 11.3 Å². The Morgan fingerprint density at radius 1 is 1.31 bits per heavy atom. The molecule has 0 aliphatic heterocycles. The average molecular weight is 297 g/mol. The van der Waals surface area contributed by atoms with Crippen LogP contribution >= 0.6 is 27.3 Å². The van der Waals surface area contributed by atoms with Gasteiger partial charge in [-0.25, -0.2) is 4.98 Å². The molecule has 2 aromatic rings. The highest BCUT2D eigenvalue weighted by Gasteiger charge is 2.02. The van der Waals surface area contributed by atoms with E-state index in [0.717, 1.165) is 22.4 Å². The van der Waals surface area contributed by atoms with Crippen molar-refractivity contribution in [3.8, 4) is 0 Å². The average Bonchev–Trinajstić information content (AvgIpc) is 2.63. The minimum absolute atomic E-state index is 0.838. The summed E-state index contributed by atoms with van der Waals surface area (Å²) >= 11 is 5.15. The molecule has 1 N–H and O–H groups in total. The predicted octanol–water partition coefficient (Wildman–Crippen LogP) is 4.13. The molecule has 0 radical (unpaired) electrons. The summed E-state index contributed by atoms with van der Waals surface area (Å²) in [6, 6.07) is 2.07. The van der Waals surface area contributed by atoms with Gasteiger partial charge in [0.25, 0.3) is 0 Å². The summed E-state index contributed by atoms with van der Waals surface area (Å²) in [6.07, 6.45) is 1.82.